The minimum absolute atomic E-state index is 0.0386. The van der Waals surface area contributed by atoms with Crippen LogP contribution in [0.25, 0.3) is 10.9 Å². The van der Waals surface area contributed by atoms with Crippen LogP contribution < -0.4 is 4.74 Å². The Morgan fingerprint density at radius 2 is 2.06 bits per heavy atom. The van der Waals surface area contributed by atoms with Gasteiger partial charge in [0.25, 0.3) is 13.8 Å². The Bertz CT molecular complexity index is 743. The highest BCUT2D eigenvalue weighted by atomic mass is 35.7. The molecule has 0 spiro atoms. The zero-order chi connectivity index (χ0) is 13.5. The van der Waals surface area contributed by atoms with Gasteiger partial charge in [-0.3, -0.25) is 8.75 Å². The molecule has 1 aromatic heterocycles. The molecule has 4 nitrogen and oxygen atoms in total. The summed E-state index contributed by atoms with van der Waals surface area (Å²) in [5.74, 6) is 0.410. The predicted molar refractivity (Wildman–Crippen MR) is 74.0 cm³/mol. The summed E-state index contributed by atoms with van der Waals surface area (Å²) in [4.78, 5) is 11.8. The number of nitrogens with zero attached hydrogens (tertiary/aromatic N) is 1. The molecular formula is C11H12ClNO3S2. The van der Waals surface area contributed by atoms with Gasteiger partial charge in [-0.1, -0.05) is 13.8 Å². The summed E-state index contributed by atoms with van der Waals surface area (Å²) < 4.78 is 24.2. The van der Waals surface area contributed by atoms with Crippen LogP contribution in [-0.4, -0.2) is 12.4 Å². The molecule has 7 heteroatoms. The first kappa shape index (κ1) is 13.6. The summed E-state index contributed by atoms with van der Waals surface area (Å²) in [5, 5.41) is 0.405. The third-order valence-electron chi connectivity index (χ3n) is 2.46. The van der Waals surface area contributed by atoms with Crippen LogP contribution in [-0.2, 0) is 15.6 Å². The molecule has 98 valence electrons. The molecule has 0 bridgehead atoms. The molecule has 0 aliphatic heterocycles. The summed E-state index contributed by atoms with van der Waals surface area (Å²) in [5.41, 5.74) is 0.753. The van der Waals surface area contributed by atoms with Gasteiger partial charge in [-0.05, 0) is 35.6 Å². The number of halogens is 1. The lowest BCUT2D eigenvalue weighted by atomic mass is 10.2. The second-order valence-electron chi connectivity index (χ2n) is 4.45. The van der Waals surface area contributed by atoms with Gasteiger partial charge in [-0.15, -0.1) is 0 Å². The molecule has 0 radical (unpaired) electrons. The van der Waals surface area contributed by atoms with Gasteiger partial charge in [0.1, 0.15) is 0 Å². The number of hydrogen-bond donors (Lipinski definition) is 0. The number of benzene rings is 1. The van der Waals surface area contributed by atoms with Gasteiger partial charge in [0.05, 0.1) is 15.8 Å². The largest absolute Gasteiger partial charge is 0.294 e. The topological polar surface area (TPSA) is 56.1 Å². The summed E-state index contributed by atoms with van der Waals surface area (Å²) in [7, 11) is 1.47. The van der Waals surface area contributed by atoms with Crippen LogP contribution in [0.1, 0.15) is 13.8 Å². The van der Waals surface area contributed by atoms with Gasteiger partial charge in [0.15, 0.2) is 0 Å². The summed E-state index contributed by atoms with van der Waals surface area (Å²) in [6.07, 6.45) is 0. The fraction of sp³-hybridized carbons (Fsp3) is 0.364. The standard InChI is InChI=1S/C11H12ClNO3S2/c1-7(2)6-13-10-4-3-8(18(12,15)16)5-9(10)11(14)17-13/h3-5,7H,6H2,1-2H3. The van der Waals surface area contributed by atoms with E-state index in [4.69, 9.17) is 10.7 Å². The van der Waals surface area contributed by atoms with Crippen LogP contribution in [0.4, 0.5) is 0 Å². The van der Waals surface area contributed by atoms with E-state index < -0.39 is 9.05 Å². The Balaban J connectivity index is 2.67. The van der Waals surface area contributed by atoms with Crippen molar-refractivity contribution in [2.75, 3.05) is 0 Å². The van der Waals surface area contributed by atoms with Gasteiger partial charge in [0.2, 0.25) is 0 Å². The molecule has 0 unspecified atom stereocenters. The van der Waals surface area contributed by atoms with Crippen molar-refractivity contribution in [3.63, 3.8) is 0 Å². The van der Waals surface area contributed by atoms with E-state index in [2.05, 4.69) is 13.8 Å². The Morgan fingerprint density at radius 1 is 1.39 bits per heavy atom. The Labute approximate surface area is 113 Å². The fourth-order valence-electron chi connectivity index (χ4n) is 1.71. The van der Waals surface area contributed by atoms with Gasteiger partial charge < -0.3 is 0 Å². The predicted octanol–water partition coefficient (Wildman–Crippen LogP) is 2.65. The average molecular weight is 306 g/mol. The molecule has 0 aliphatic carbocycles. The molecule has 0 saturated heterocycles. The number of fused-ring (bicyclic) bond motifs is 1. The monoisotopic (exact) mass is 305 g/mol. The highest BCUT2D eigenvalue weighted by molar-refractivity contribution is 8.13. The number of rotatable bonds is 3. The molecule has 1 aromatic carbocycles. The molecule has 0 amide bonds. The maximum atomic E-state index is 11.8. The minimum atomic E-state index is -3.80. The van der Waals surface area contributed by atoms with Crippen LogP contribution in [0.5, 0.6) is 0 Å². The van der Waals surface area contributed by atoms with Crippen LogP contribution in [0.2, 0.25) is 0 Å². The second kappa shape index (κ2) is 4.68. The molecule has 2 aromatic rings. The number of hydrogen-bond acceptors (Lipinski definition) is 4. The van der Waals surface area contributed by atoms with Crippen molar-refractivity contribution in [1.29, 1.82) is 0 Å². The molecule has 2 rings (SSSR count). The lowest BCUT2D eigenvalue weighted by Crippen LogP contribution is -2.01. The Hall–Kier alpha value is -0.850. The van der Waals surface area contributed by atoms with Gasteiger partial charge in [-0.25, -0.2) is 8.42 Å². The molecule has 0 N–H and O–H groups in total. The van der Waals surface area contributed by atoms with E-state index in [0.717, 1.165) is 23.6 Å². The molecule has 1 heterocycles. The minimum Gasteiger partial charge on any atom is -0.294 e. The summed E-state index contributed by atoms with van der Waals surface area (Å²) >= 11 is 1.10. The van der Waals surface area contributed by atoms with Crippen molar-refractivity contribution in [3.8, 4) is 0 Å². The van der Waals surface area contributed by atoms with Crippen molar-refractivity contribution in [3.05, 3.63) is 27.7 Å². The Kier molecular flexibility index (Phi) is 3.53. The lowest BCUT2D eigenvalue weighted by molar-refractivity contribution is 0.559. The van der Waals surface area contributed by atoms with Crippen LogP contribution >= 0.6 is 22.2 Å². The molecular weight excluding hydrogens is 294 g/mol. The van der Waals surface area contributed by atoms with E-state index in [-0.39, 0.29) is 9.64 Å². The quantitative estimate of drug-likeness (QED) is 0.819. The smallest absolute Gasteiger partial charge is 0.261 e. The zero-order valence-electron chi connectivity index (χ0n) is 9.88. The highest BCUT2D eigenvalue weighted by Crippen LogP contribution is 2.22. The highest BCUT2D eigenvalue weighted by Gasteiger charge is 2.14. The molecule has 0 aliphatic rings. The van der Waals surface area contributed by atoms with Crippen molar-refractivity contribution < 1.29 is 8.42 Å². The van der Waals surface area contributed by atoms with Crippen LogP contribution in [0.3, 0.4) is 0 Å². The van der Waals surface area contributed by atoms with Crippen molar-refractivity contribution in [1.82, 2.24) is 3.96 Å². The number of aromatic nitrogens is 1. The fourth-order valence-corrected chi connectivity index (χ4v) is 3.58. The van der Waals surface area contributed by atoms with Crippen molar-refractivity contribution >= 4 is 42.2 Å². The first-order valence-electron chi connectivity index (χ1n) is 5.37. The van der Waals surface area contributed by atoms with Gasteiger partial charge >= 0.3 is 0 Å². The third-order valence-corrected chi connectivity index (χ3v) is 4.77. The first-order valence-corrected chi connectivity index (χ1v) is 8.46. The van der Waals surface area contributed by atoms with Crippen molar-refractivity contribution in [2.24, 2.45) is 5.92 Å². The van der Waals surface area contributed by atoms with Gasteiger partial charge in [-0.2, -0.15) is 0 Å². The summed E-state index contributed by atoms with van der Waals surface area (Å²) in [6.45, 7) is 4.84. The maximum absolute atomic E-state index is 11.8. The normalized spacial score (nSPS) is 12.4. The molecule has 0 atom stereocenters. The van der Waals surface area contributed by atoms with Gasteiger partial charge in [0, 0.05) is 17.2 Å². The van der Waals surface area contributed by atoms with Crippen molar-refractivity contribution in [2.45, 2.75) is 25.3 Å². The molecule has 0 fully saturated rings. The van der Waals surface area contributed by atoms with Crippen LogP contribution in [0.15, 0.2) is 27.9 Å². The third kappa shape index (κ3) is 2.60. The van der Waals surface area contributed by atoms with E-state index in [0.29, 0.717) is 11.3 Å². The zero-order valence-corrected chi connectivity index (χ0v) is 12.3. The summed E-state index contributed by atoms with van der Waals surface area (Å²) in [6, 6.07) is 4.39. The maximum Gasteiger partial charge on any atom is 0.261 e. The second-order valence-corrected chi connectivity index (χ2v) is 8.01. The lowest BCUT2D eigenvalue weighted by Gasteiger charge is -2.06. The van der Waals surface area contributed by atoms with E-state index in [1.165, 1.54) is 12.1 Å². The van der Waals surface area contributed by atoms with E-state index in [1.54, 1.807) is 6.07 Å². The molecule has 18 heavy (non-hydrogen) atoms. The van der Waals surface area contributed by atoms with Crippen LogP contribution in [0, 0.1) is 5.92 Å². The van der Waals surface area contributed by atoms with E-state index >= 15 is 0 Å². The Morgan fingerprint density at radius 3 is 2.61 bits per heavy atom. The molecule has 0 saturated carbocycles. The SMILES string of the molecule is CC(C)Cn1sc(=O)c2cc(S(=O)(=O)Cl)ccc21. The average Bonchev–Trinajstić information content (AvgIpc) is 2.53. The van der Waals surface area contributed by atoms with E-state index in [1.807, 2.05) is 3.96 Å². The van der Waals surface area contributed by atoms with E-state index in [9.17, 15) is 13.2 Å². The first-order chi connectivity index (χ1) is 8.29.